The molecule has 0 saturated heterocycles. The van der Waals surface area contributed by atoms with Crippen LogP contribution in [0.5, 0.6) is 0 Å². The van der Waals surface area contributed by atoms with Crippen molar-refractivity contribution in [3.63, 3.8) is 0 Å². The molecule has 19 heavy (non-hydrogen) atoms. The molecule has 0 amide bonds. The zero-order valence-electron chi connectivity index (χ0n) is 11.5. The van der Waals surface area contributed by atoms with Gasteiger partial charge >= 0.3 is 6.09 Å². The number of terminal acetylenes is 1. The maximum Gasteiger partial charge on any atom is 0.435 e. The fourth-order valence-electron chi connectivity index (χ4n) is 1.78. The number of hydrogen-bond donors (Lipinski definition) is 0. The van der Waals surface area contributed by atoms with Crippen LogP contribution in [0.25, 0.3) is 10.9 Å². The quantitative estimate of drug-likeness (QED) is 0.680. The first kappa shape index (κ1) is 13.2. The fourth-order valence-corrected chi connectivity index (χ4v) is 1.78. The number of fused-ring (bicyclic) bond motifs is 1. The molecule has 0 radical (unpaired) electrons. The Balaban J connectivity index is 2.56. The van der Waals surface area contributed by atoms with E-state index in [9.17, 15) is 4.79 Å². The van der Waals surface area contributed by atoms with E-state index in [-0.39, 0.29) is 0 Å². The van der Waals surface area contributed by atoms with Gasteiger partial charge in [-0.05, 0) is 45.7 Å². The highest BCUT2D eigenvalue weighted by molar-refractivity contribution is 5.91. The molecule has 98 valence electrons. The topological polar surface area (TPSA) is 44.1 Å². The minimum Gasteiger partial charge on any atom is -0.442 e. The van der Waals surface area contributed by atoms with Gasteiger partial charge in [0.05, 0.1) is 5.52 Å². The van der Waals surface area contributed by atoms with Crippen molar-refractivity contribution in [3.8, 4) is 12.3 Å². The Kier molecular flexibility index (Phi) is 3.07. The summed E-state index contributed by atoms with van der Waals surface area (Å²) in [6.07, 6.45) is 4.90. The summed E-state index contributed by atoms with van der Waals surface area (Å²) in [5.74, 6) is 2.50. The molecule has 0 aliphatic carbocycles. The van der Waals surface area contributed by atoms with E-state index in [4.69, 9.17) is 11.2 Å². The number of ether oxygens (including phenoxy) is 1. The molecule has 0 aliphatic heterocycles. The minimum atomic E-state index is -0.573. The average molecular weight is 256 g/mol. The summed E-state index contributed by atoms with van der Waals surface area (Å²) in [7, 11) is 0. The molecule has 0 unspecified atom stereocenters. The highest BCUT2D eigenvalue weighted by Gasteiger charge is 2.21. The minimum absolute atomic E-state index is 0.449. The van der Waals surface area contributed by atoms with Gasteiger partial charge in [0, 0.05) is 5.39 Å². The van der Waals surface area contributed by atoms with Crippen LogP contribution in [0.15, 0.2) is 18.2 Å². The summed E-state index contributed by atoms with van der Waals surface area (Å²) in [4.78, 5) is 12.1. The lowest BCUT2D eigenvalue weighted by Crippen LogP contribution is -2.27. The van der Waals surface area contributed by atoms with E-state index in [2.05, 4.69) is 11.0 Å². The number of aromatic nitrogens is 2. The molecule has 0 atom stereocenters. The first-order valence-corrected chi connectivity index (χ1v) is 6.01. The maximum atomic E-state index is 12.1. The third-order valence-corrected chi connectivity index (χ3v) is 2.54. The molecule has 0 spiro atoms. The van der Waals surface area contributed by atoms with E-state index in [1.54, 1.807) is 0 Å². The number of hydrogen-bond acceptors (Lipinski definition) is 3. The molecule has 0 bridgehead atoms. The smallest absolute Gasteiger partial charge is 0.435 e. The third-order valence-electron chi connectivity index (χ3n) is 2.54. The van der Waals surface area contributed by atoms with Crippen LogP contribution in [0.3, 0.4) is 0 Å². The molecule has 0 fully saturated rings. The SMILES string of the molecule is C#Cc1nn(C(=O)OC(C)(C)C)c2ccc(C)cc12. The van der Waals surface area contributed by atoms with Gasteiger partial charge in [0.1, 0.15) is 11.3 Å². The molecule has 0 aliphatic rings. The van der Waals surface area contributed by atoms with Crippen molar-refractivity contribution in [1.82, 2.24) is 9.78 Å². The summed E-state index contributed by atoms with van der Waals surface area (Å²) >= 11 is 0. The van der Waals surface area contributed by atoms with Gasteiger partial charge in [-0.15, -0.1) is 6.42 Å². The molecule has 4 nitrogen and oxygen atoms in total. The number of nitrogens with zero attached hydrogens (tertiary/aromatic N) is 2. The lowest BCUT2D eigenvalue weighted by Gasteiger charge is -2.19. The first-order valence-electron chi connectivity index (χ1n) is 6.01. The summed E-state index contributed by atoms with van der Waals surface area (Å²) in [6, 6.07) is 5.64. The normalized spacial score (nSPS) is 11.3. The number of carbonyl (C=O) groups is 1. The van der Waals surface area contributed by atoms with Crippen molar-refractivity contribution in [2.24, 2.45) is 0 Å². The van der Waals surface area contributed by atoms with Gasteiger partial charge in [-0.25, -0.2) is 4.79 Å². The predicted molar refractivity (Wildman–Crippen MR) is 74.0 cm³/mol. The maximum absolute atomic E-state index is 12.1. The van der Waals surface area contributed by atoms with Gasteiger partial charge in [0.15, 0.2) is 0 Å². The van der Waals surface area contributed by atoms with Gasteiger partial charge in [-0.1, -0.05) is 11.6 Å². The van der Waals surface area contributed by atoms with Gasteiger partial charge in [0.2, 0.25) is 0 Å². The number of carbonyl (C=O) groups excluding carboxylic acids is 1. The summed E-state index contributed by atoms with van der Waals surface area (Å²) in [5.41, 5.74) is 1.60. The second-order valence-electron chi connectivity index (χ2n) is 5.41. The fraction of sp³-hybridized carbons (Fsp3) is 0.333. The highest BCUT2D eigenvalue weighted by Crippen LogP contribution is 2.21. The Morgan fingerprint density at radius 3 is 2.68 bits per heavy atom. The van der Waals surface area contributed by atoms with E-state index >= 15 is 0 Å². The van der Waals surface area contributed by atoms with Gasteiger partial charge in [0.25, 0.3) is 0 Å². The number of benzene rings is 1. The Morgan fingerprint density at radius 2 is 2.11 bits per heavy atom. The average Bonchev–Trinajstić information content (AvgIpc) is 2.64. The van der Waals surface area contributed by atoms with Crippen LogP contribution in [0.2, 0.25) is 0 Å². The second kappa shape index (κ2) is 4.43. The van der Waals surface area contributed by atoms with Crippen molar-refractivity contribution in [2.45, 2.75) is 33.3 Å². The molecule has 0 saturated carbocycles. The molecule has 0 N–H and O–H groups in total. The largest absolute Gasteiger partial charge is 0.442 e. The Bertz CT molecular complexity index is 684. The van der Waals surface area contributed by atoms with Gasteiger partial charge in [-0.3, -0.25) is 0 Å². The van der Waals surface area contributed by atoms with E-state index in [0.717, 1.165) is 10.9 Å². The molecular formula is C15H16N2O2. The van der Waals surface area contributed by atoms with Gasteiger partial charge in [-0.2, -0.15) is 9.78 Å². The molecule has 1 aromatic carbocycles. The van der Waals surface area contributed by atoms with Crippen LogP contribution in [0, 0.1) is 19.3 Å². The molecule has 2 aromatic rings. The van der Waals surface area contributed by atoms with Crippen LogP contribution >= 0.6 is 0 Å². The summed E-state index contributed by atoms with van der Waals surface area (Å²) < 4.78 is 6.53. The number of aryl methyl sites for hydroxylation is 1. The molecule has 2 rings (SSSR count). The monoisotopic (exact) mass is 256 g/mol. The standard InChI is InChI=1S/C15H16N2O2/c1-6-12-11-9-10(2)7-8-13(11)17(16-12)14(18)19-15(3,4)5/h1,7-9H,2-5H3. The zero-order chi connectivity index (χ0) is 14.2. The molecule has 1 aromatic heterocycles. The van der Waals surface area contributed by atoms with E-state index in [1.165, 1.54) is 4.68 Å². The second-order valence-corrected chi connectivity index (χ2v) is 5.41. The van der Waals surface area contributed by atoms with Crippen LogP contribution < -0.4 is 0 Å². The van der Waals surface area contributed by atoms with E-state index in [1.807, 2.05) is 45.9 Å². The summed E-state index contributed by atoms with van der Waals surface area (Å²) in [6.45, 7) is 7.39. The predicted octanol–water partition coefficient (Wildman–Crippen LogP) is 3.11. The molecule has 4 heteroatoms. The Morgan fingerprint density at radius 1 is 1.42 bits per heavy atom. The van der Waals surface area contributed by atoms with E-state index in [0.29, 0.717) is 11.2 Å². The summed E-state index contributed by atoms with van der Waals surface area (Å²) in [5, 5.41) is 4.92. The zero-order valence-corrected chi connectivity index (χ0v) is 11.5. The van der Waals surface area contributed by atoms with Gasteiger partial charge < -0.3 is 4.74 Å². The van der Waals surface area contributed by atoms with Crippen LogP contribution in [0.1, 0.15) is 32.0 Å². The number of rotatable bonds is 0. The van der Waals surface area contributed by atoms with Crippen molar-refractivity contribution in [3.05, 3.63) is 29.5 Å². The third kappa shape index (κ3) is 2.60. The highest BCUT2D eigenvalue weighted by atomic mass is 16.6. The van der Waals surface area contributed by atoms with E-state index < -0.39 is 11.7 Å². The van der Waals surface area contributed by atoms with Crippen molar-refractivity contribution in [2.75, 3.05) is 0 Å². The first-order chi connectivity index (χ1) is 8.81. The van der Waals surface area contributed by atoms with Crippen LogP contribution in [-0.2, 0) is 4.74 Å². The Labute approximate surface area is 112 Å². The van der Waals surface area contributed by atoms with Crippen molar-refractivity contribution >= 4 is 17.0 Å². The Hall–Kier alpha value is -2.28. The molecular weight excluding hydrogens is 240 g/mol. The molecule has 1 heterocycles. The lowest BCUT2D eigenvalue weighted by molar-refractivity contribution is 0.0522. The van der Waals surface area contributed by atoms with Crippen LogP contribution in [0.4, 0.5) is 4.79 Å². The van der Waals surface area contributed by atoms with Crippen molar-refractivity contribution in [1.29, 1.82) is 0 Å². The van der Waals surface area contributed by atoms with Crippen molar-refractivity contribution < 1.29 is 9.53 Å². The van der Waals surface area contributed by atoms with Crippen LogP contribution in [-0.4, -0.2) is 21.5 Å². The lowest BCUT2D eigenvalue weighted by atomic mass is 10.1.